The molecule has 0 aliphatic rings. The topological polar surface area (TPSA) is 161 Å². The summed E-state index contributed by atoms with van der Waals surface area (Å²) in [6.45, 7) is 8.71. The maximum absolute atomic E-state index is 10.8. The van der Waals surface area contributed by atoms with Crippen LogP contribution in [-0.4, -0.2) is 101 Å². The molecule has 13 nitrogen and oxygen atoms in total. The minimum absolute atomic E-state index is 0.137. The summed E-state index contributed by atoms with van der Waals surface area (Å²) in [5, 5.41) is 17.5. The first kappa shape index (κ1) is 42.6. The van der Waals surface area contributed by atoms with E-state index in [0.29, 0.717) is 39.5 Å². The molecule has 0 saturated heterocycles. The molecule has 47 heavy (non-hydrogen) atoms. The van der Waals surface area contributed by atoms with Crippen LogP contribution >= 0.6 is 0 Å². The van der Waals surface area contributed by atoms with Crippen molar-refractivity contribution in [3.63, 3.8) is 0 Å². The van der Waals surface area contributed by atoms with E-state index >= 15 is 0 Å². The Hall–Kier alpha value is -4.36. The second-order valence-electron chi connectivity index (χ2n) is 10.2. The standard InChI is InChI=1S/C17H25NO5.C13H21NO3.C4H6O3/c1-14(19)21-10-4-5-11-23-17-8-6-7-16(13-17)18(3)9-12-22-15(2)20;1-14(7-9-16)12-5-4-6-13(11-12)17-10-3-2-8-15;1-3(5)7-4(2)6/h6-8,13H,4-5,9-12H2,1-3H3;4-6,11,15-16H,2-3,7-10H2,1H3;1-2H3. The van der Waals surface area contributed by atoms with Gasteiger partial charge in [0.2, 0.25) is 0 Å². The van der Waals surface area contributed by atoms with Gasteiger partial charge in [0.15, 0.2) is 0 Å². The highest BCUT2D eigenvalue weighted by Crippen LogP contribution is 2.21. The Balaban J connectivity index is 0.000000770. The van der Waals surface area contributed by atoms with Gasteiger partial charge in [0.25, 0.3) is 0 Å². The monoisotopic (exact) mass is 664 g/mol. The van der Waals surface area contributed by atoms with E-state index in [0.717, 1.165) is 48.6 Å². The Labute approximate surface area is 278 Å². The van der Waals surface area contributed by atoms with Crippen LogP contribution < -0.4 is 19.3 Å². The Kier molecular flexibility index (Phi) is 24.3. The lowest BCUT2D eigenvalue weighted by Gasteiger charge is -2.19. The lowest BCUT2D eigenvalue weighted by molar-refractivity contribution is -0.156. The highest BCUT2D eigenvalue weighted by Gasteiger charge is 2.05. The van der Waals surface area contributed by atoms with E-state index in [1.807, 2.05) is 72.4 Å². The molecule has 0 atom stereocenters. The molecule has 0 aliphatic carbocycles. The van der Waals surface area contributed by atoms with Crippen molar-refractivity contribution in [3.05, 3.63) is 48.5 Å². The molecule has 0 spiro atoms. The van der Waals surface area contributed by atoms with Crippen LogP contribution in [0.3, 0.4) is 0 Å². The molecule has 13 heteroatoms. The van der Waals surface area contributed by atoms with Crippen LogP contribution in [0.2, 0.25) is 0 Å². The molecule has 0 aliphatic heterocycles. The second kappa shape index (κ2) is 26.8. The molecule has 0 radical (unpaired) electrons. The van der Waals surface area contributed by atoms with Crippen LogP contribution in [0.1, 0.15) is 53.4 Å². The third kappa shape index (κ3) is 24.5. The molecule has 0 bridgehead atoms. The largest absolute Gasteiger partial charge is 0.494 e. The van der Waals surface area contributed by atoms with Crippen LogP contribution in [-0.2, 0) is 33.4 Å². The van der Waals surface area contributed by atoms with Crippen molar-refractivity contribution in [2.75, 3.05) is 76.6 Å². The van der Waals surface area contributed by atoms with Gasteiger partial charge in [0.1, 0.15) is 18.1 Å². The highest BCUT2D eigenvalue weighted by molar-refractivity contribution is 5.82. The van der Waals surface area contributed by atoms with E-state index in [2.05, 4.69) is 4.74 Å². The summed E-state index contributed by atoms with van der Waals surface area (Å²) in [4.78, 5) is 45.0. The van der Waals surface area contributed by atoms with Crippen molar-refractivity contribution in [2.45, 2.75) is 53.4 Å². The smallest absolute Gasteiger partial charge is 0.310 e. The zero-order valence-corrected chi connectivity index (χ0v) is 28.6. The molecule has 2 aromatic carbocycles. The number of anilines is 2. The van der Waals surface area contributed by atoms with Crippen molar-refractivity contribution >= 4 is 35.3 Å². The summed E-state index contributed by atoms with van der Waals surface area (Å²) in [5.74, 6) is -0.0424. The van der Waals surface area contributed by atoms with Gasteiger partial charge >= 0.3 is 23.9 Å². The van der Waals surface area contributed by atoms with Crippen LogP contribution in [0.5, 0.6) is 11.5 Å². The fraction of sp³-hybridized carbons (Fsp3) is 0.529. The van der Waals surface area contributed by atoms with E-state index in [-0.39, 0.29) is 25.2 Å². The number of nitrogens with zero attached hydrogens (tertiary/aromatic N) is 2. The quantitative estimate of drug-likeness (QED) is 0.103. The van der Waals surface area contributed by atoms with Crippen LogP contribution in [0.15, 0.2) is 48.5 Å². The number of benzene rings is 2. The van der Waals surface area contributed by atoms with E-state index in [9.17, 15) is 19.2 Å². The lowest BCUT2D eigenvalue weighted by atomic mass is 10.2. The van der Waals surface area contributed by atoms with Crippen LogP contribution in [0.4, 0.5) is 11.4 Å². The Morgan fingerprint density at radius 2 is 1.02 bits per heavy atom. The normalized spacial score (nSPS) is 9.79. The number of hydrogen-bond donors (Lipinski definition) is 2. The number of carbonyl (C=O) groups is 4. The minimum Gasteiger partial charge on any atom is -0.494 e. The number of rotatable bonds is 18. The number of ether oxygens (including phenoxy) is 5. The summed E-state index contributed by atoms with van der Waals surface area (Å²) in [6.07, 6.45) is 3.22. The predicted octanol–water partition coefficient (Wildman–Crippen LogP) is 3.77. The Bertz CT molecular complexity index is 1160. The number of likely N-dealkylation sites (N-methyl/N-ethyl adjacent to an activating group) is 2. The molecule has 0 saturated carbocycles. The zero-order valence-electron chi connectivity index (χ0n) is 28.6. The fourth-order valence-corrected chi connectivity index (χ4v) is 3.57. The van der Waals surface area contributed by atoms with E-state index in [4.69, 9.17) is 29.2 Å². The van der Waals surface area contributed by atoms with Crippen LogP contribution in [0.25, 0.3) is 0 Å². The first-order valence-corrected chi connectivity index (χ1v) is 15.4. The number of aliphatic hydroxyl groups excluding tert-OH is 2. The summed E-state index contributed by atoms with van der Waals surface area (Å²) < 4.78 is 25.0. The van der Waals surface area contributed by atoms with Crippen molar-refractivity contribution in [2.24, 2.45) is 0 Å². The average molecular weight is 665 g/mol. The third-order valence-corrected chi connectivity index (χ3v) is 5.91. The third-order valence-electron chi connectivity index (χ3n) is 5.91. The van der Waals surface area contributed by atoms with Crippen molar-refractivity contribution in [3.8, 4) is 11.5 Å². The number of esters is 4. The second-order valence-corrected chi connectivity index (χ2v) is 10.2. The van der Waals surface area contributed by atoms with Crippen LogP contribution in [0, 0.1) is 0 Å². The molecule has 0 unspecified atom stereocenters. The van der Waals surface area contributed by atoms with Gasteiger partial charge in [-0.15, -0.1) is 0 Å². The molecule has 264 valence electrons. The molecule has 0 heterocycles. The van der Waals surface area contributed by atoms with Gasteiger partial charge in [-0.2, -0.15) is 0 Å². The van der Waals surface area contributed by atoms with E-state index in [1.165, 1.54) is 27.7 Å². The molecule has 2 N–H and O–H groups in total. The summed E-state index contributed by atoms with van der Waals surface area (Å²) in [6, 6.07) is 15.5. The number of hydrogen-bond acceptors (Lipinski definition) is 13. The Morgan fingerprint density at radius 3 is 1.45 bits per heavy atom. The van der Waals surface area contributed by atoms with Gasteiger partial charge in [-0.3, -0.25) is 19.2 Å². The first-order chi connectivity index (χ1) is 22.4. The first-order valence-electron chi connectivity index (χ1n) is 15.4. The van der Waals surface area contributed by atoms with Gasteiger partial charge in [-0.25, -0.2) is 0 Å². The van der Waals surface area contributed by atoms with Gasteiger partial charge in [0.05, 0.1) is 33.0 Å². The van der Waals surface area contributed by atoms with Crippen molar-refractivity contribution in [1.29, 1.82) is 0 Å². The average Bonchev–Trinajstić information content (AvgIpc) is 3.01. The van der Waals surface area contributed by atoms with Gasteiger partial charge in [-0.1, -0.05) is 12.1 Å². The van der Waals surface area contributed by atoms with Crippen molar-refractivity contribution < 1.29 is 53.1 Å². The van der Waals surface area contributed by atoms with E-state index in [1.54, 1.807) is 0 Å². The molecular formula is C34H52N2O11. The zero-order chi connectivity index (χ0) is 35.5. The minimum atomic E-state index is -0.562. The number of carbonyl (C=O) groups excluding carboxylic acids is 4. The fourth-order valence-electron chi connectivity index (χ4n) is 3.57. The Morgan fingerprint density at radius 1 is 0.574 bits per heavy atom. The summed E-state index contributed by atoms with van der Waals surface area (Å²) in [7, 11) is 3.86. The maximum Gasteiger partial charge on any atom is 0.310 e. The maximum atomic E-state index is 10.8. The predicted molar refractivity (Wildman–Crippen MR) is 179 cm³/mol. The molecular weight excluding hydrogens is 612 g/mol. The molecule has 0 amide bonds. The number of unbranched alkanes of at least 4 members (excludes halogenated alkanes) is 2. The number of aliphatic hydroxyl groups is 2. The van der Waals surface area contributed by atoms with Gasteiger partial charge in [-0.05, 0) is 49.9 Å². The SMILES string of the molecule is CC(=O)OC(C)=O.CC(=O)OCCCCOc1cccc(N(C)CCOC(C)=O)c1.CN(CCO)c1cccc(OCCCCO)c1. The molecule has 2 aromatic rings. The lowest BCUT2D eigenvalue weighted by Crippen LogP contribution is -2.23. The summed E-state index contributed by atoms with van der Waals surface area (Å²) >= 11 is 0. The van der Waals surface area contributed by atoms with Crippen molar-refractivity contribution in [1.82, 2.24) is 0 Å². The van der Waals surface area contributed by atoms with E-state index < -0.39 is 11.9 Å². The van der Waals surface area contributed by atoms with Gasteiger partial charge in [0, 0.05) is 78.4 Å². The molecule has 0 fully saturated rings. The summed E-state index contributed by atoms with van der Waals surface area (Å²) in [5.41, 5.74) is 2.02. The molecule has 0 aromatic heterocycles. The van der Waals surface area contributed by atoms with Gasteiger partial charge < -0.3 is 43.7 Å². The highest BCUT2D eigenvalue weighted by atomic mass is 16.6. The molecule has 2 rings (SSSR count).